The van der Waals surface area contributed by atoms with E-state index in [0.717, 1.165) is 17.9 Å². The number of carbonyl (C=O) groups is 1. The van der Waals surface area contributed by atoms with Gasteiger partial charge in [-0.15, -0.1) is 0 Å². The van der Waals surface area contributed by atoms with Crippen molar-refractivity contribution in [1.29, 1.82) is 0 Å². The van der Waals surface area contributed by atoms with Gasteiger partial charge in [-0.2, -0.15) is 0 Å². The number of aryl methyl sites for hydroxylation is 1. The SMILES string of the molecule is CCc1ccc(NC(=O)COc2ccc(OC)cc2)cc1. The van der Waals surface area contributed by atoms with Crippen LogP contribution in [0.4, 0.5) is 5.69 Å². The van der Waals surface area contributed by atoms with E-state index in [4.69, 9.17) is 9.47 Å². The Kier molecular flexibility index (Phi) is 5.21. The third-order valence-corrected chi connectivity index (χ3v) is 3.08. The monoisotopic (exact) mass is 285 g/mol. The van der Waals surface area contributed by atoms with Crippen LogP contribution in [0.25, 0.3) is 0 Å². The summed E-state index contributed by atoms with van der Waals surface area (Å²) in [4.78, 5) is 11.8. The van der Waals surface area contributed by atoms with Crippen LogP contribution in [-0.4, -0.2) is 19.6 Å². The maximum absolute atomic E-state index is 11.8. The normalized spacial score (nSPS) is 10.0. The topological polar surface area (TPSA) is 47.6 Å². The van der Waals surface area contributed by atoms with Crippen molar-refractivity contribution in [3.63, 3.8) is 0 Å². The maximum Gasteiger partial charge on any atom is 0.262 e. The lowest BCUT2D eigenvalue weighted by molar-refractivity contribution is -0.118. The number of anilines is 1. The van der Waals surface area contributed by atoms with E-state index in [0.29, 0.717) is 5.75 Å². The lowest BCUT2D eigenvalue weighted by Crippen LogP contribution is -2.20. The average Bonchev–Trinajstić information content (AvgIpc) is 2.54. The molecule has 4 heteroatoms. The van der Waals surface area contributed by atoms with Crippen molar-refractivity contribution >= 4 is 11.6 Å². The van der Waals surface area contributed by atoms with Crippen molar-refractivity contribution in [2.75, 3.05) is 19.0 Å². The predicted molar refractivity (Wildman–Crippen MR) is 82.9 cm³/mol. The standard InChI is InChI=1S/C17H19NO3/c1-3-13-4-6-14(7-5-13)18-17(19)12-21-16-10-8-15(20-2)9-11-16/h4-11H,3,12H2,1-2H3,(H,18,19). The van der Waals surface area contributed by atoms with Gasteiger partial charge in [0.05, 0.1) is 7.11 Å². The number of hydrogen-bond donors (Lipinski definition) is 1. The zero-order valence-electron chi connectivity index (χ0n) is 12.3. The second-order valence-electron chi connectivity index (χ2n) is 4.56. The molecule has 0 aromatic heterocycles. The van der Waals surface area contributed by atoms with E-state index in [9.17, 15) is 4.79 Å². The van der Waals surface area contributed by atoms with E-state index < -0.39 is 0 Å². The molecule has 1 amide bonds. The average molecular weight is 285 g/mol. The number of nitrogens with one attached hydrogen (secondary N) is 1. The molecule has 0 unspecified atom stereocenters. The van der Waals surface area contributed by atoms with Crippen LogP contribution in [0.1, 0.15) is 12.5 Å². The Balaban J connectivity index is 1.83. The molecule has 0 atom stereocenters. The largest absolute Gasteiger partial charge is 0.497 e. The van der Waals surface area contributed by atoms with Crippen molar-refractivity contribution < 1.29 is 14.3 Å². The Morgan fingerprint density at radius 1 is 1.00 bits per heavy atom. The number of ether oxygens (including phenoxy) is 2. The van der Waals surface area contributed by atoms with Gasteiger partial charge in [0, 0.05) is 5.69 Å². The van der Waals surface area contributed by atoms with Crippen LogP contribution in [0.2, 0.25) is 0 Å². The molecular formula is C17H19NO3. The van der Waals surface area contributed by atoms with E-state index in [1.54, 1.807) is 31.4 Å². The molecule has 0 spiro atoms. The van der Waals surface area contributed by atoms with Crippen LogP contribution >= 0.6 is 0 Å². The van der Waals surface area contributed by atoms with E-state index in [1.807, 2.05) is 24.3 Å². The Hall–Kier alpha value is -2.49. The third kappa shape index (κ3) is 4.53. The summed E-state index contributed by atoms with van der Waals surface area (Å²) in [6.07, 6.45) is 0.981. The minimum atomic E-state index is -0.185. The molecule has 0 radical (unpaired) electrons. The van der Waals surface area contributed by atoms with Crippen molar-refractivity contribution in [2.45, 2.75) is 13.3 Å². The van der Waals surface area contributed by atoms with Gasteiger partial charge in [0.15, 0.2) is 6.61 Å². The molecule has 110 valence electrons. The Labute approximate surface area is 124 Å². The molecule has 1 N–H and O–H groups in total. The number of amides is 1. The number of carbonyl (C=O) groups excluding carboxylic acids is 1. The molecule has 0 heterocycles. The summed E-state index contributed by atoms with van der Waals surface area (Å²) >= 11 is 0. The van der Waals surface area contributed by atoms with Gasteiger partial charge in [0.25, 0.3) is 5.91 Å². The molecule has 2 rings (SSSR count). The smallest absolute Gasteiger partial charge is 0.262 e. The molecule has 0 saturated carbocycles. The Morgan fingerprint density at radius 3 is 2.19 bits per heavy atom. The van der Waals surface area contributed by atoms with Gasteiger partial charge in [-0.1, -0.05) is 19.1 Å². The number of methoxy groups -OCH3 is 1. The number of benzene rings is 2. The van der Waals surface area contributed by atoms with Crippen molar-refractivity contribution in [2.24, 2.45) is 0 Å². The first-order chi connectivity index (χ1) is 10.2. The minimum Gasteiger partial charge on any atom is -0.497 e. The molecule has 0 fully saturated rings. The van der Waals surface area contributed by atoms with Gasteiger partial charge in [0.2, 0.25) is 0 Å². The summed E-state index contributed by atoms with van der Waals surface area (Å²) in [5.41, 5.74) is 2.01. The first kappa shape index (κ1) is 14.9. The van der Waals surface area contributed by atoms with Gasteiger partial charge >= 0.3 is 0 Å². The second-order valence-corrected chi connectivity index (χ2v) is 4.56. The van der Waals surface area contributed by atoms with Crippen LogP contribution in [0.15, 0.2) is 48.5 Å². The van der Waals surface area contributed by atoms with E-state index in [-0.39, 0.29) is 12.5 Å². The van der Waals surface area contributed by atoms with Crippen molar-refractivity contribution in [3.05, 3.63) is 54.1 Å². The fourth-order valence-corrected chi connectivity index (χ4v) is 1.84. The van der Waals surface area contributed by atoms with E-state index in [2.05, 4.69) is 12.2 Å². The van der Waals surface area contributed by atoms with E-state index in [1.165, 1.54) is 5.56 Å². The fourth-order valence-electron chi connectivity index (χ4n) is 1.84. The van der Waals surface area contributed by atoms with E-state index >= 15 is 0 Å². The lowest BCUT2D eigenvalue weighted by atomic mass is 10.1. The molecule has 21 heavy (non-hydrogen) atoms. The van der Waals surface area contributed by atoms with Gasteiger partial charge in [-0.3, -0.25) is 4.79 Å². The summed E-state index contributed by atoms with van der Waals surface area (Å²) in [6, 6.07) is 14.9. The zero-order valence-corrected chi connectivity index (χ0v) is 12.3. The highest BCUT2D eigenvalue weighted by atomic mass is 16.5. The summed E-state index contributed by atoms with van der Waals surface area (Å²) < 4.78 is 10.5. The van der Waals surface area contributed by atoms with Gasteiger partial charge in [0.1, 0.15) is 11.5 Å². The quantitative estimate of drug-likeness (QED) is 0.886. The van der Waals surface area contributed by atoms with Gasteiger partial charge in [-0.05, 0) is 48.4 Å². The molecule has 0 aliphatic carbocycles. The van der Waals surface area contributed by atoms with Crippen LogP contribution in [0.3, 0.4) is 0 Å². The Morgan fingerprint density at radius 2 is 1.62 bits per heavy atom. The molecule has 0 bridgehead atoms. The maximum atomic E-state index is 11.8. The Bertz CT molecular complexity index is 576. The van der Waals surface area contributed by atoms with Gasteiger partial charge in [-0.25, -0.2) is 0 Å². The van der Waals surface area contributed by atoms with Crippen LogP contribution < -0.4 is 14.8 Å². The lowest BCUT2D eigenvalue weighted by Gasteiger charge is -2.08. The third-order valence-electron chi connectivity index (χ3n) is 3.08. The molecule has 4 nitrogen and oxygen atoms in total. The summed E-state index contributed by atoms with van der Waals surface area (Å²) in [5.74, 6) is 1.20. The van der Waals surface area contributed by atoms with Gasteiger partial charge < -0.3 is 14.8 Å². The molecule has 0 saturated heterocycles. The zero-order chi connectivity index (χ0) is 15.1. The molecular weight excluding hydrogens is 266 g/mol. The highest BCUT2D eigenvalue weighted by molar-refractivity contribution is 5.91. The number of rotatable bonds is 6. The van der Waals surface area contributed by atoms with Crippen LogP contribution in [0, 0.1) is 0 Å². The van der Waals surface area contributed by atoms with Crippen LogP contribution in [-0.2, 0) is 11.2 Å². The molecule has 2 aromatic rings. The van der Waals surface area contributed by atoms with Crippen LogP contribution in [0.5, 0.6) is 11.5 Å². The first-order valence-electron chi connectivity index (χ1n) is 6.87. The highest BCUT2D eigenvalue weighted by Crippen LogP contribution is 2.17. The predicted octanol–water partition coefficient (Wildman–Crippen LogP) is 3.28. The summed E-state index contributed by atoms with van der Waals surface area (Å²) in [5, 5.41) is 2.80. The van der Waals surface area contributed by atoms with Crippen molar-refractivity contribution in [3.8, 4) is 11.5 Å². The van der Waals surface area contributed by atoms with Crippen molar-refractivity contribution in [1.82, 2.24) is 0 Å². The second kappa shape index (κ2) is 7.33. The minimum absolute atomic E-state index is 0.0259. The highest BCUT2D eigenvalue weighted by Gasteiger charge is 2.04. The first-order valence-corrected chi connectivity index (χ1v) is 6.87. The molecule has 0 aliphatic rings. The summed E-state index contributed by atoms with van der Waals surface area (Å²) in [7, 11) is 1.60. The molecule has 2 aromatic carbocycles. The summed E-state index contributed by atoms with van der Waals surface area (Å²) in [6.45, 7) is 2.07. The molecule has 0 aliphatic heterocycles. The fraction of sp³-hybridized carbons (Fsp3) is 0.235. The number of hydrogen-bond acceptors (Lipinski definition) is 3.